The van der Waals surface area contributed by atoms with Crippen LogP contribution in [0.25, 0.3) is 0 Å². The molecule has 2 heterocycles. The van der Waals surface area contributed by atoms with Gasteiger partial charge in [-0.05, 0) is 48.5 Å². The zero-order valence-corrected chi connectivity index (χ0v) is 18.2. The number of non-ortho nitro benzene ring substituents is 1. The molecule has 2 aromatic carbocycles. The molecule has 1 amide bonds. The fraction of sp³-hybridized carbons (Fsp3) is 0. The third-order valence-corrected chi connectivity index (χ3v) is 4.55. The van der Waals surface area contributed by atoms with Crippen LogP contribution in [0, 0.1) is 10.1 Å². The van der Waals surface area contributed by atoms with Gasteiger partial charge < -0.3 is 18.3 Å². The number of furan rings is 2. The van der Waals surface area contributed by atoms with Crippen LogP contribution in [0.5, 0.6) is 11.5 Å². The molecule has 180 valence electrons. The van der Waals surface area contributed by atoms with E-state index in [1.165, 1.54) is 85.5 Å². The highest BCUT2D eigenvalue weighted by molar-refractivity contribution is 5.96. The van der Waals surface area contributed by atoms with Gasteiger partial charge in [-0.1, -0.05) is 0 Å². The van der Waals surface area contributed by atoms with Gasteiger partial charge in [0.25, 0.3) is 11.6 Å². The summed E-state index contributed by atoms with van der Waals surface area (Å²) in [6, 6.07) is 14.9. The molecular formula is C24H15N3O9. The Kier molecular flexibility index (Phi) is 6.96. The standard InChI is InChI=1S/C24H15N3O9/c28-22(15-5-8-17(9-6-15)27(31)32)26-25-14-16-7-10-18(35-23(29)19-3-1-11-33-19)13-21(16)36-24(30)20-4-2-12-34-20/h1-14H,(H,26,28)/b25-14-. The summed E-state index contributed by atoms with van der Waals surface area (Å²) in [5.41, 5.74) is 2.50. The van der Waals surface area contributed by atoms with Crippen LogP contribution in [-0.4, -0.2) is 29.0 Å². The Balaban J connectivity index is 1.52. The van der Waals surface area contributed by atoms with Gasteiger partial charge in [-0.3, -0.25) is 14.9 Å². The molecule has 2 aromatic heterocycles. The maximum atomic E-state index is 12.4. The van der Waals surface area contributed by atoms with Gasteiger partial charge >= 0.3 is 11.9 Å². The molecule has 4 aromatic rings. The molecule has 0 unspecified atom stereocenters. The number of nitro benzene ring substituents is 1. The summed E-state index contributed by atoms with van der Waals surface area (Å²) in [6.07, 6.45) is 3.82. The first kappa shape index (κ1) is 23.6. The highest BCUT2D eigenvalue weighted by Gasteiger charge is 2.17. The van der Waals surface area contributed by atoms with E-state index in [0.717, 1.165) is 0 Å². The molecule has 0 aliphatic rings. The van der Waals surface area contributed by atoms with Gasteiger partial charge in [-0.25, -0.2) is 15.0 Å². The van der Waals surface area contributed by atoms with Crippen LogP contribution < -0.4 is 14.9 Å². The van der Waals surface area contributed by atoms with E-state index >= 15 is 0 Å². The van der Waals surface area contributed by atoms with Crippen molar-refractivity contribution in [3.63, 3.8) is 0 Å². The van der Waals surface area contributed by atoms with Crippen molar-refractivity contribution in [3.05, 3.63) is 112 Å². The number of nitro groups is 1. The SMILES string of the molecule is O=C(N/N=C\c1ccc(OC(=O)c2ccco2)cc1OC(=O)c1ccco1)c1ccc([N+](=O)[O-])cc1. The zero-order valence-electron chi connectivity index (χ0n) is 18.2. The summed E-state index contributed by atoms with van der Waals surface area (Å²) >= 11 is 0. The van der Waals surface area contributed by atoms with Crippen LogP contribution in [0.15, 0.2) is 93.2 Å². The minimum absolute atomic E-state index is 0.0243. The largest absolute Gasteiger partial charge is 0.457 e. The van der Waals surface area contributed by atoms with Crippen LogP contribution >= 0.6 is 0 Å². The molecule has 0 saturated heterocycles. The molecule has 0 saturated carbocycles. The van der Waals surface area contributed by atoms with Gasteiger partial charge in [0.1, 0.15) is 11.5 Å². The van der Waals surface area contributed by atoms with Crippen LogP contribution in [0.1, 0.15) is 37.0 Å². The number of rotatable bonds is 8. The average molecular weight is 489 g/mol. The maximum Gasteiger partial charge on any atom is 0.379 e. The van der Waals surface area contributed by atoms with Crippen molar-refractivity contribution in [2.45, 2.75) is 0 Å². The summed E-state index contributed by atoms with van der Waals surface area (Å²) in [4.78, 5) is 47.0. The van der Waals surface area contributed by atoms with Crippen molar-refractivity contribution in [1.82, 2.24) is 5.43 Å². The lowest BCUT2D eigenvalue weighted by Crippen LogP contribution is -2.17. The molecule has 0 atom stereocenters. The van der Waals surface area contributed by atoms with Crippen molar-refractivity contribution >= 4 is 29.7 Å². The Morgan fingerprint density at radius 2 is 1.53 bits per heavy atom. The Hall–Kier alpha value is -5.52. The number of benzene rings is 2. The number of carbonyl (C=O) groups excluding carboxylic acids is 3. The number of hydrazone groups is 1. The second-order valence-electron chi connectivity index (χ2n) is 6.94. The van der Waals surface area contributed by atoms with E-state index < -0.39 is 22.8 Å². The van der Waals surface area contributed by atoms with Crippen molar-refractivity contribution < 1.29 is 37.6 Å². The van der Waals surface area contributed by atoms with Gasteiger partial charge in [0, 0.05) is 29.3 Å². The van der Waals surface area contributed by atoms with Gasteiger partial charge in [0.05, 0.1) is 23.7 Å². The van der Waals surface area contributed by atoms with E-state index in [9.17, 15) is 24.5 Å². The van der Waals surface area contributed by atoms with E-state index in [-0.39, 0.29) is 39.8 Å². The fourth-order valence-corrected chi connectivity index (χ4v) is 2.83. The number of nitrogens with one attached hydrogen (secondary N) is 1. The van der Waals surface area contributed by atoms with Crippen LogP contribution in [-0.2, 0) is 0 Å². The van der Waals surface area contributed by atoms with Gasteiger partial charge in [-0.2, -0.15) is 5.10 Å². The molecule has 1 N–H and O–H groups in total. The molecule has 0 aliphatic heterocycles. The van der Waals surface area contributed by atoms with E-state index in [4.69, 9.17) is 18.3 Å². The number of esters is 2. The lowest BCUT2D eigenvalue weighted by molar-refractivity contribution is -0.384. The predicted octanol–water partition coefficient (Wildman–Crippen LogP) is 3.98. The van der Waals surface area contributed by atoms with Crippen LogP contribution in [0.4, 0.5) is 5.69 Å². The Bertz CT molecular complexity index is 1420. The normalized spacial score (nSPS) is 10.7. The number of nitrogens with zero attached hydrogens (tertiary/aromatic N) is 2. The summed E-state index contributed by atoms with van der Waals surface area (Å²) in [5, 5.41) is 14.6. The molecule has 0 radical (unpaired) electrons. The van der Waals surface area contributed by atoms with Crippen LogP contribution in [0.2, 0.25) is 0 Å². The summed E-state index contributed by atoms with van der Waals surface area (Å²) < 4.78 is 20.6. The van der Waals surface area contributed by atoms with Gasteiger partial charge in [0.2, 0.25) is 11.5 Å². The lowest BCUT2D eigenvalue weighted by atomic mass is 10.2. The molecule has 0 spiro atoms. The molecule has 0 fully saturated rings. The van der Waals surface area contributed by atoms with Gasteiger partial charge in [-0.15, -0.1) is 0 Å². The highest BCUT2D eigenvalue weighted by Crippen LogP contribution is 2.26. The summed E-state index contributed by atoms with van der Waals surface area (Å²) in [5.74, 6) is -2.30. The molecule has 12 heteroatoms. The molecular weight excluding hydrogens is 474 g/mol. The Morgan fingerprint density at radius 1 is 0.889 bits per heavy atom. The average Bonchev–Trinajstić information content (AvgIpc) is 3.60. The lowest BCUT2D eigenvalue weighted by Gasteiger charge is -2.09. The van der Waals surface area contributed by atoms with Crippen LogP contribution in [0.3, 0.4) is 0 Å². The number of hydrogen-bond donors (Lipinski definition) is 1. The fourth-order valence-electron chi connectivity index (χ4n) is 2.83. The van der Waals surface area contributed by atoms with Crippen molar-refractivity contribution in [2.24, 2.45) is 5.10 Å². The third kappa shape index (κ3) is 5.69. The Morgan fingerprint density at radius 3 is 2.11 bits per heavy atom. The predicted molar refractivity (Wildman–Crippen MR) is 122 cm³/mol. The first-order chi connectivity index (χ1) is 17.4. The van der Waals surface area contributed by atoms with Crippen molar-refractivity contribution in [3.8, 4) is 11.5 Å². The molecule has 12 nitrogen and oxygen atoms in total. The van der Waals surface area contributed by atoms with Gasteiger partial charge in [0.15, 0.2) is 0 Å². The Labute approximate surface area is 201 Å². The quantitative estimate of drug-likeness (QED) is 0.127. The number of amides is 1. The monoisotopic (exact) mass is 489 g/mol. The summed E-state index contributed by atoms with van der Waals surface area (Å²) in [6.45, 7) is 0. The smallest absolute Gasteiger partial charge is 0.379 e. The zero-order chi connectivity index (χ0) is 25.5. The molecule has 0 bridgehead atoms. The minimum atomic E-state index is -0.820. The molecule has 36 heavy (non-hydrogen) atoms. The van der Waals surface area contributed by atoms with Crippen molar-refractivity contribution in [2.75, 3.05) is 0 Å². The minimum Gasteiger partial charge on any atom is -0.457 e. The van der Waals surface area contributed by atoms with E-state index in [1.54, 1.807) is 0 Å². The second kappa shape index (κ2) is 10.6. The molecule has 0 aliphatic carbocycles. The van der Waals surface area contributed by atoms with Crippen molar-refractivity contribution in [1.29, 1.82) is 0 Å². The topological polar surface area (TPSA) is 163 Å². The maximum absolute atomic E-state index is 12.4. The summed E-state index contributed by atoms with van der Waals surface area (Å²) in [7, 11) is 0. The van der Waals surface area contributed by atoms with E-state index in [2.05, 4.69) is 10.5 Å². The third-order valence-electron chi connectivity index (χ3n) is 4.55. The van der Waals surface area contributed by atoms with E-state index in [1.807, 2.05) is 0 Å². The number of ether oxygens (including phenoxy) is 2. The number of hydrogen-bond acceptors (Lipinski definition) is 10. The second-order valence-corrected chi connectivity index (χ2v) is 6.94. The van der Waals surface area contributed by atoms with E-state index in [0.29, 0.717) is 0 Å². The molecule has 4 rings (SSSR count). The number of carbonyl (C=O) groups is 3. The highest BCUT2D eigenvalue weighted by atomic mass is 16.6. The first-order valence-electron chi connectivity index (χ1n) is 10.1. The first-order valence-corrected chi connectivity index (χ1v) is 10.1.